The normalized spacial score (nSPS) is 16.6. The van der Waals surface area contributed by atoms with Crippen molar-refractivity contribution in [3.8, 4) is 0 Å². The van der Waals surface area contributed by atoms with Gasteiger partial charge in [0.15, 0.2) is 0 Å². The Hall–Kier alpha value is -1.09. The highest BCUT2D eigenvalue weighted by atomic mass is 35.5. The van der Waals surface area contributed by atoms with Crippen molar-refractivity contribution in [1.29, 1.82) is 0 Å². The fourth-order valence-electron chi connectivity index (χ4n) is 2.37. The van der Waals surface area contributed by atoms with Gasteiger partial charge in [0.2, 0.25) is 0 Å². The van der Waals surface area contributed by atoms with Crippen molar-refractivity contribution >= 4 is 17.5 Å². The molecular weight excluding hydrogens is 253 g/mol. The second-order valence-corrected chi connectivity index (χ2v) is 5.27. The minimum atomic E-state index is -0.518. The summed E-state index contributed by atoms with van der Waals surface area (Å²) in [6.45, 7) is 1.63. The van der Waals surface area contributed by atoms with Crippen LogP contribution in [0.4, 0.5) is 4.39 Å². The number of carbonyl (C=O) groups excluding carboxylic acids is 1. The molecule has 0 radical (unpaired) electrons. The van der Waals surface area contributed by atoms with Gasteiger partial charge in [0.05, 0.1) is 10.6 Å². The Kier molecular flexibility index (Phi) is 4.23. The Morgan fingerprint density at radius 3 is 2.67 bits per heavy atom. The van der Waals surface area contributed by atoms with E-state index in [9.17, 15) is 9.18 Å². The molecule has 1 saturated carbocycles. The summed E-state index contributed by atoms with van der Waals surface area (Å²) in [5, 5.41) is 3.05. The highest BCUT2D eigenvalue weighted by molar-refractivity contribution is 6.33. The molecule has 1 aliphatic carbocycles. The number of amides is 1. The maximum absolute atomic E-state index is 13.9. The minimum absolute atomic E-state index is 0.0257. The van der Waals surface area contributed by atoms with Gasteiger partial charge in [0, 0.05) is 6.04 Å². The molecule has 2 nitrogen and oxygen atoms in total. The molecule has 4 heteroatoms. The molecule has 1 aliphatic rings. The van der Waals surface area contributed by atoms with Crippen LogP contribution in [0.5, 0.6) is 0 Å². The molecule has 0 aliphatic heterocycles. The molecule has 1 aromatic carbocycles. The van der Waals surface area contributed by atoms with Crippen LogP contribution in [0.1, 0.15) is 48.0 Å². The van der Waals surface area contributed by atoms with Gasteiger partial charge in [-0.15, -0.1) is 0 Å². The largest absolute Gasteiger partial charge is 0.349 e. The second-order valence-electron chi connectivity index (χ2n) is 4.86. The van der Waals surface area contributed by atoms with Gasteiger partial charge >= 0.3 is 0 Å². The van der Waals surface area contributed by atoms with Crippen LogP contribution in [-0.2, 0) is 0 Å². The molecule has 1 N–H and O–H groups in total. The number of aryl methyl sites for hydroxylation is 1. The summed E-state index contributed by atoms with van der Waals surface area (Å²) in [5.41, 5.74) is 0.412. The molecule has 0 spiro atoms. The molecule has 0 heterocycles. The van der Waals surface area contributed by atoms with Gasteiger partial charge in [0.25, 0.3) is 5.91 Å². The molecule has 0 aromatic heterocycles. The first-order valence-electron chi connectivity index (χ1n) is 6.35. The fraction of sp³-hybridized carbons (Fsp3) is 0.500. The van der Waals surface area contributed by atoms with Gasteiger partial charge < -0.3 is 5.32 Å². The minimum Gasteiger partial charge on any atom is -0.349 e. The van der Waals surface area contributed by atoms with Crippen molar-refractivity contribution < 1.29 is 9.18 Å². The number of halogens is 2. The summed E-state index contributed by atoms with van der Waals surface area (Å²) < 4.78 is 13.9. The Balaban J connectivity index is 2.15. The zero-order valence-electron chi connectivity index (χ0n) is 10.4. The van der Waals surface area contributed by atoms with Crippen molar-refractivity contribution in [2.45, 2.75) is 45.1 Å². The van der Waals surface area contributed by atoms with E-state index in [1.165, 1.54) is 6.42 Å². The molecular formula is C14H17ClFNO. The fourth-order valence-corrected chi connectivity index (χ4v) is 2.60. The van der Waals surface area contributed by atoms with Crippen molar-refractivity contribution in [2.75, 3.05) is 0 Å². The van der Waals surface area contributed by atoms with Gasteiger partial charge in [-0.3, -0.25) is 4.79 Å². The average molecular weight is 270 g/mol. The van der Waals surface area contributed by atoms with Crippen LogP contribution in [0.25, 0.3) is 0 Å². The first-order chi connectivity index (χ1) is 8.59. The van der Waals surface area contributed by atoms with E-state index in [4.69, 9.17) is 11.6 Å². The number of nitrogens with one attached hydrogen (secondary N) is 1. The van der Waals surface area contributed by atoms with Gasteiger partial charge in [0.1, 0.15) is 5.82 Å². The molecule has 18 heavy (non-hydrogen) atoms. The molecule has 98 valence electrons. The summed E-state index contributed by atoms with van der Waals surface area (Å²) in [5.74, 6) is -0.913. The molecule has 0 atom stereocenters. The molecule has 0 saturated heterocycles. The molecule has 2 rings (SSSR count). The van der Waals surface area contributed by atoms with E-state index in [-0.39, 0.29) is 16.6 Å². The first kappa shape index (κ1) is 13.3. The molecule has 1 fully saturated rings. The third kappa shape index (κ3) is 2.83. The third-order valence-electron chi connectivity index (χ3n) is 3.45. The maximum Gasteiger partial charge on any atom is 0.256 e. The Bertz CT molecular complexity index is 455. The summed E-state index contributed by atoms with van der Waals surface area (Å²) in [4.78, 5) is 12.1. The van der Waals surface area contributed by atoms with E-state index in [2.05, 4.69) is 5.32 Å². The smallest absolute Gasteiger partial charge is 0.256 e. The average Bonchev–Trinajstić information content (AvgIpc) is 2.36. The number of rotatable bonds is 2. The summed E-state index contributed by atoms with van der Waals surface area (Å²) in [6, 6.07) is 3.30. The predicted octanol–water partition coefficient (Wildman–Crippen LogP) is 3.85. The van der Waals surface area contributed by atoms with Crippen molar-refractivity contribution in [3.63, 3.8) is 0 Å². The highest BCUT2D eigenvalue weighted by Crippen LogP contribution is 2.23. The SMILES string of the molecule is Cc1ccc(Cl)c(C(=O)NC2CCCCC2)c1F. The lowest BCUT2D eigenvalue weighted by atomic mass is 9.95. The van der Waals surface area contributed by atoms with Gasteiger partial charge in [-0.1, -0.05) is 36.9 Å². The van der Waals surface area contributed by atoms with Gasteiger partial charge in [-0.05, 0) is 31.4 Å². The standard InChI is InChI=1S/C14H17ClFNO/c1-9-7-8-11(15)12(13(9)16)14(18)17-10-5-3-2-4-6-10/h7-8,10H,2-6H2,1H3,(H,17,18). The first-order valence-corrected chi connectivity index (χ1v) is 6.73. The zero-order valence-corrected chi connectivity index (χ0v) is 11.2. The molecule has 1 amide bonds. The summed E-state index contributed by atoms with van der Waals surface area (Å²) >= 11 is 5.91. The lowest BCUT2D eigenvalue weighted by molar-refractivity contribution is 0.0923. The van der Waals surface area contributed by atoms with Gasteiger partial charge in [-0.2, -0.15) is 0 Å². The molecule has 0 unspecified atom stereocenters. The van der Waals surface area contributed by atoms with Crippen LogP contribution < -0.4 is 5.32 Å². The van der Waals surface area contributed by atoms with E-state index in [0.29, 0.717) is 5.56 Å². The predicted molar refractivity (Wildman–Crippen MR) is 70.5 cm³/mol. The van der Waals surface area contributed by atoms with Crippen LogP contribution in [0.15, 0.2) is 12.1 Å². The van der Waals surface area contributed by atoms with Crippen LogP contribution >= 0.6 is 11.6 Å². The lowest BCUT2D eigenvalue weighted by Crippen LogP contribution is -2.36. The number of hydrogen-bond acceptors (Lipinski definition) is 1. The van der Waals surface area contributed by atoms with Crippen molar-refractivity contribution in [1.82, 2.24) is 5.32 Å². The third-order valence-corrected chi connectivity index (χ3v) is 3.77. The van der Waals surface area contributed by atoms with Crippen LogP contribution in [0.3, 0.4) is 0 Å². The van der Waals surface area contributed by atoms with E-state index >= 15 is 0 Å². The van der Waals surface area contributed by atoms with Crippen molar-refractivity contribution in [3.05, 3.63) is 34.1 Å². The van der Waals surface area contributed by atoms with Crippen LogP contribution in [0.2, 0.25) is 5.02 Å². The number of hydrogen-bond donors (Lipinski definition) is 1. The topological polar surface area (TPSA) is 29.1 Å². The molecule has 1 aromatic rings. The number of benzene rings is 1. The van der Waals surface area contributed by atoms with E-state index in [0.717, 1.165) is 25.7 Å². The Labute approximate surface area is 112 Å². The Morgan fingerprint density at radius 2 is 2.00 bits per heavy atom. The van der Waals surface area contributed by atoms with E-state index in [1.54, 1.807) is 19.1 Å². The maximum atomic E-state index is 13.9. The van der Waals surface area contributed by atoms with E-state index < -0.39 is 11.7 Å². The molecule has 0 bridgehead atoms. The highest BCUT2D eigenvalue weighted by Gasteiger charge is 2.21. The lowest BCUT2D eigenvalue weighted by Gasteiger charge is -2.23. The zero-order chi connectivity index (χ0) is 13.1. The monoisotopic (exact) mass is 269 g/mol. The van der Waals surface area contributed by atoms with Crippen LogP contribution in [-0.4, -0.2) is 11.9 Å². The van der Waals surface area contributed by atoms with Crippen LogP contribution in [0, 0.1) is 12.7 Å². The van der Waals surface area contributed by atoms with Crippen molar-refractivity contribution in [2.24, 2.45) is 0 Å². The van der Waals surface area contributed by atoms with Gasteiger partial charge in [-0.25, -0.2) is 4.39 Å². The second kappa shape index (κ2) is 5.70. The Morgan fingerprint density at radius 1 is 1.33 bits per heavy atom. The van der Waals surface area contributed by atoms with E-state index in [1.807, 2.05) is 0 Å². The number of carbonyl (C=O) groups is 1. The quantitative estimate of drug-likeness (QED) is 0.868. The summed E-state index contributed by atoms with van der Waals surface area (Å²) in [7, 11) is 0. The summed E-state index contributed by atoms with van der Waals surface area (Å²) in [6.07, 6.45) is 5.39.